The number of aromatic nitrogens is 3. The Morgan fingerprint density at radius 3 is 2.95 bits per heavy atom. The van der Waals surface area contributed by atoms with Gasteiger partial charge in [0.05, 0.1) is 0 Å². The van der Waals surface area contributed by atoms with Crippen LogP contribution in [-0.2, 0) is 7.05 Å². The van der Waals surface area contributed by atoms with Gasteiger partial charge in [-0.05, 0) is 6.92 Å². The average molecular weight is 292 g/mol. The summed E-state index contributed by atoms with van der Waals surface area (Å²) in [5.74, 6) is 0.443. The number of nitrogens with zero attached hydrogens (tertiary/aromatic N) is 2. The minimum Gasteiger partial charge on any atom is -0.354 e. The van der Waals surface area contributed by atoms with Crippen molar-refractivity contribution >= 4 is 17.7 Å². The molecule has 1 amide bonds. The van der Waals surface area contributed by atoms with Gasteiger partial charge in [0.2, 0.25) is 0 Å². The van der Waals surface area contributed by atoms with E-state index in [0.29, 0.717) is 18.0 Å². The Kier molecular flexibility index (Phi) is 4.62. The van der Waals surface area contributed by atoms with E-state index >= 15 is 0 Å². The van der Waals surface area contributed by atoms with Crippen molar-refractivity contribution in [1.29, 1.82) is 0 Å². The van der Waals surface area contributed by atoms with E-state index in [9.17, 15) is 9.59 Å². The molecular formula is C13H16N4O2S. The number of pyridine rings is 1. The van der Waals surface area contributed by atoms with E-state index in [1.54, 1.807) is 24.9 Å². The van der Waals surface area contributed by atoms with Crippen LogP contribution in [0.3, 0.4) is 0 Å². The van der Waals surface area contributed by atoms with E-state index in [-0.39, 0.29) is 17.0 Å². The van der Waals surface area contributed by atoms with Crippen LogP contribution in [0.2, 0.25) is 0 Å². The molecule has 0 fully saturated rings. The number of aryl methyl sites for hydroxylation is 2. The molecule has 0 atom stereocenters. The van der Waals surface area contributed by atoms with E-state index in [1.165, 1.54) is 12.1 Å². The normalized spacial score (nSPS) is 10.5. The maximum atomic E-state index is 11.9. The largest absolute Gasteiger partial charge is 0.354 e. The van der Waals surface area contributed by atoms with Crippen LogP contribution in [0.4, 0.5) is 0 Å². The van der Waals surface area contributed by atoms with Crippen molar-refractivity contribution in [2.24, 2.45) is 7.05 Å². The highest BCUT2D eigenvalue weighted by molar-refractivity contribution is 7.99. The zero-order valence-electron chi connectivity index (χ0n) is 11.3. The zero-order valence-corrected chi connectivity index (χ0v) is 12.2. The Morgan fingerprint density at radius 2 is 2.30 bits per heavy atom. The summed E-state index contributed by atoms with van der Waals surface area (Å²) >= 11 is 1.56. The number of hydrogen-bond acceptors (Lipinski definition) is 4. The number of H-pyrrole nitrogens is 1. The predicted molar refractivity (Wildman–Crippen MR) is 78.1 cm³/mol. The summed E-state index contributed by atoms with van der Waals surface area (Å²) in [6.07, 6.45) is 3.61. The van der Waals surface area contributed by atoms with E-state index in [0.717, 1.165) is 5.16 Å². The molecule has 0 aromatic carbocycles. The van der Waals surface area contributed by atoms with Gasteiger partial charge in [0.1, 0.15) is 5.69 Å². The Balaban J connectivity index is 1.83. The molecule has 2 aromatic rings. The van der Waals surface area contributed by atoms with Crippen molar-refractivity contribution in [3.63, 3.8) is 0 Å². The lowest BCUT2D eigenvalue weighted by atomic mass is 10.3. The third-order valence-electron chi connectivity index (χ3n) is 2.62. The lowest BCUT2D eigenvalue weighted by molar-refractivity contribution is 0.0951. The first-order valence-corrected chi connectivity index (χ1v) is 7.14. The van der Waals surface area contributed by atoms with Gasteiger partial charge < -0.3 is 14.9 Å². The third kappa shape index (κ3) is 3.74. The van der Waals surface area contributed by atoms with Crippen molar-refractivity contribution in [1.82, 2.24) is 19.9 Å². The van der Waals surface area contributed by atoms with Gasteiger partial charge in [-0.2, -0.15) is 0 Å². The van der Waals surface area contributed by atoms with Crippen molar-refractivity contribution in [3.05, 3.63) is 46.1 Å². The first-order valence-electron chi connectivity index (χ1n) is 6.15. The maximum absolute atomic E-state index is 11.9. The number of hydrogen-bond donors (Lipinski definition) is 2. The van der Waals surface area contributed by atoms with Crippen molar-refractivity contribution < 1.29 is 4.79 Å². The second kappa shape index (κ2) is 6.42. The Labute approximate surface area is 120 Å². The number of rotatable bonds is 5. The number of carbonyl (C=O) groups excluding carboxylic acids is 1. The van der Waals surface area contributed by atoms with E-state index < -0.39 is 0 Å². The summed E-state index contributed by atoms with van der Waals surface area (Å²) in [7, 11) is 1.92. The average Bonchev–Trinajstić information content (AvgIpc) is 2.79. The molecule has 0 aliphatic heterocycles. The fourth-order valence-electron chi connectivity index (χ4n) is 1.70. The van der Waals surface area contributed by atoms with E-state index in [4.69, 9.17) is 0 Å². The van der Waals surface area contributed by atoms with Crippen LogP contribution in [0, 0.1) is 6.92 Å². The molecule has 0 aliphatic rings. The summed E-state index contributed by atoms with van der Waals surface area (Å²) < 4.78 is 1.92. The number of carbonyl (C=O) groups is 1. The van der Waals surface area contributed by atoms with Crippen molar-refractivity contribution in [2.45, 2.75) is 12.1 Å². The lowest BCUT2D eigenvalue weighted by Crippen LogP contribution is -2.27. The molecule has 20 heavy (non-hydrogen) atoms. The molecule has 106 valence electrons. The molecule has 0 bridgehead atoms. The molecule has 2 heterocycles. The van der Waals surface area contributed by atoms with Crippen LogP contribution in [0.5, 0.6) is 0 Å². The molecule has 0 radical (unpaired) electrons. The van der Waals surface area contributed by atoms with Gasteiger partial charge in [-0.15, -0.1) is 0 Å². The number of thioether (sulfide) groups is 1. The standard InChI is InChI=1S/C13H16N4O2S/c1-9-7-10(18)8-11(16-9)12(19)14-4-6-20-13-15-3-5-17(13)2/h3,5,7-8H,4,6H2,1-2H3,(H,14,19)(H,16,18). The van der Waals surface area contributed by atoms with Crippen LogP contribution < -0.4 is 10.7 Å². The minimum atomic E-state index is -0.272. The summed E-state index contributed by atoms with van der Waals surface area (Å²) in [5.41, 5.74) is 0.788. The van der Waals surface area contributed by atoms with Crippen LogP contribution in [0.25, 0.3) is 0 Å². The van der Waals surface area contributed by atoms with E-state index in [2.05, 4.69) is 15.3 Å². The molecular weight excluding hydrogens is 276 g/mol. The first-order chi connectivity index (χ1) is 9.56. The monoisotopic (exact) mass is 292 g/mol. The molecule has 0 spiro atoms. The molecule has 2 rings (SSSR count). The minimum absolute atomic E-state index is 0.172. The van der Waals surface area contributed by atoms with Crippen molar-refractivity contribution in [2.75, 3.05) is 12.3 Å². The molecule has 2 aromatic heterocycles. The summed E-state index contributed by atoms with van der Waals surface area (Å²) in [4.78, 5) is 30.2. The SMILES string of the molecule is Cc1cc(=O)cc(C(=O)NCCSc2nccn2C)[nH]1. The molecule has 7 heteroatoms. The van der Waals surface area contributed by atoms with Gasteiger partial charge in [-0.1, -0.05) is 11.8 Å². The number of amides is 1. The summed E-state index contributed by atoms with van der Waals surface area (Å²) in [6, 6.07) is 2.75. The van der Waals surface area contributed by atoms with Gasteiger partial charge >= 0.3 is 0 Å². The van der Waals surface area contributed by atoms with E-state index in [1.807, 2.05) is 17.8 Å². The second-order valence-corrected chi connectivity index (χ2v) is 5.40. The van der Waals surface area contributed by atoms with Crippen LogP contribution in [0.15, 0.2) is 34.5 Å². The highest BCUT2D eigenvalue weighted by Crippen LogP contribution is 2.12. The van der Waals surface area contributed by atoms with Gasteiger partial charge in [-0.25, -0.2) is 4.98 Å². The Morgan fingerprint density at radius 1 is 1.50 bits per heavy atom. The van der Waals surface area contributed by atoms with Crippen LogP contribution in [-0.4, -0.2) is 32.7 Å². The first kappa shape index (κ1) is 14.4. The third-order valence-corrected chi connectivity index (χ3v) is 3.68. The quantitative estimate of drug-likeness (QED) is 0.635. The summed E-state index contributed by atoms with van der Waals surface area (Å²) in [5, 5.41) is 3.67. The highest BCUT2D eigenvalue weighted by atomic mass is 32.2. The lowest BCUT2D eigenvalue weighted by Gasteiger charge is -2.06. The fourth-order valence-corrected chi connectivity index (χ4v) is 2.48. The van der Waals surface area contributed by atoms with Gasteiger partial charge in [0.25, 0.3) is 5.91 Å². The van der Waals surface area contributed by atoms with Gasteiger partial charge in [0.15, 0.2) is 10.6 Å². The summed E-state index contributed by atoms with van der Waals surface area (Å²) in [6.45, 7) is 2.25. The zero-order chi connectivity index (χ0) is 14.5. The molecule has 0 saturated heterocycles. The molecule has 0 saturated carbocycles. The second-order valence-electron chi connectivity index (χ2n) is 4.34. The Hall–Kier alpha value is -2.02. The Bertz CT molecular complexity index is 662. The molecule has 0 unspecified atom stereocenters. The predicted octanol–water partition coefficient (Wildman–Crippen LogP) is 0.939. The number of imidazole rings is 1. The topological polar surface area (TPSA) is 79.8 Å². The number of nitrogens with one attached hydrogen (secondary N) is 2. The molecule has 0 aliphatic carbocycles. The fraction of sp³-hybridized carbons (Fsp3) is 0.308. The van der Waals surface area contributed by atoms with Crippen LogP contribution >= 0.6 is 11.8 Å². The molecule has 6 nitrogen and oxygen atoms in total. The van der Waals surface area contributed by atoms with Crippen molar-refractivity contribution in [3.8, 4) is 0 Å². The number of aromatic amines is 1. The van der Waals surface area contributed by atoms with Crippen LogP contribution in [0.1, 0.15) is 16.2 Å². The maximum Gasteiger partial charge on any atom is 0.267 e. The smallest absolute Gasteiger partial charge is 0.267 e. The highest BCUT2D eigenvalue weighted by Gasteiger charge is 2.07. The van der Waals surface area contributed by atoms with Gasteiger partial charge in [-0.3, -0.25) is 9.59 Å². The molecule has 2 N–H and O–H groups in total. The van der Waals surface area contributed by atoms with Gasteiger partial charge in [0, 0.05) is 49.6 Å².